The van der Waals surface area contributed by atoms with Gasteiger partial charge in [0, 0.05) is 10.5 Å². The maximum atomic E-state index is 11.3. The summed E-state index contributed by atoms with van der Waals surface area (Å²) in [4.78, 5) is 12.0. The van der Waals surface area contributed by atoms with Crippen molar-refractivity contribution in [2.45, 2.75) is 24.7 Å². The zero-order valence-electron chi connectivity index (χ0n) is 10.4. The zero-order valence-corrected chi connectivity index (χ0v) is 11.3. The third kappa shape index (κ3) is 2.21. The van der Waals surface area contributed by atoms with E-state index >= 15 is 0 Å². The second-order valence-corrected chi connectivity index (χ2v) is 4.81. The van der Waals surface area contributed by atoms with Crippen LogP contribution in [0, 0.1) is 0 Å². The fraction of sp³-hybridized carbons (Fsp3) is 0.188. The molecule has 0 amide bonds. The quantitative estimate of drug-likeness (QED) is 0.484. The smallest absolute Gasteiger partial charge is 0.151 e. The predicted molar refractivity (Wildman–Crippen MR) is 80.3 cm³/mol. The molecule has 0 heterocycles. The van der Waals surface area contributed by atoms with Crippen molar-refractivity contribution in [1.29, 1.82) is 0 Å². The van der Waals surface area contributed by atoms with Crippen LogP contribution in [-0.4, -0.2) is 6.29 Å². The molecule has 0 saturated heterocycles. The number of carbonyl (C=O) groups is 1. The molecule has 2 heteroatoms. The summed E-state index contributed by atoms with van der Waals surface area (Å²) in [7, 11) is 0. The Morgan fingerprint density at radius 3 is 2.78 bits per heavy atom. The molecule has 1 aliphatic carbocycles. The number of allylic oxidation sites excluding steroid dienone is 4. The third-order valence-corrected chi connectivity index (χ3v) is 3.73. The first-order valence-electron chi connectivity index (χ1n) is 6.00. The van der Waals surface area contributed by atoms with Crippen LogP contribution in [0.2, 0.25) is 0 Å². The number of thiol groups is 1. The molecule has 0 aromatic heterocycles. The summed E-state index contributed by atoms with van der Waals surface area (Å²) in [6.07, 6.45) is 10.6. The van der Waals surface area contributed by atoms with Gasteiger partial charge >= 0.3 is 0 Å². The van der Waals surface area contributed by atoms with Gasteiger partial charge in [0.15, 0.2) is 6.29 Å². The monoisotopic (exact) mass is 256 g/mol. The van der Waals surface area contributed by atoms with Crippen LogP contribution in [0.3, 0.4) is 0 Å². The topological polar surface area (TPSA) is 17.1 Å². The SMILES string of the molecule is C=C1CCc2c1cc(/C=C/C=C/C)c(S)c2C=O. The first-order chi connectivity index (χ1) is 8.69. The van der Waals surface area contributed by atoms with E-state index in [1.807, 2.05) is 31.2 Å². The lowest BCUT2D eigenvalue weighted by molar-refractivity contribution is 0.112. The summed E-state index contributed by atoms with van der Waals surface area (Å²) in [5.74, 6) is 0. The van der Waals surface area contributed by atoms with Crippen LogP contribution < -0.4 is 0 Å². The van der Waals surface area contributed by atoms with Crippen LogP contribution in [0.5, 0.6) is 0 Å². The molecule has 0 fully saturated rings. The van der Waals surface area contributed by atoms with Gasteiger partial charge in [-0.25, -0.2) is 0 Å². The minimum atomic E-state index is 0.717. The van der Waals surface area contributed by atoms with E-state index in [-0.39, 0.29) is 0 Å². The van der Waals surface area contributed by atoms with Gasteiger partial charge in [0.05, 0.1) is 0 Å². The molecule has 2 rings (SSSR count). The molecule has 1 nitrogen and oxygen atoms in total. The molecule has 1 aromatic carbocycles. The molecular formula is C16H16OS. The Hall–Kier alpha value is -1.54. The van der Waals surface area contributed by atoms with Crippen LogP contribution in [0.25, 0.3) is 11.6 Å². The highest BCUT2D eigenvalue weighted by atomic mass is 32.1. The lowest BCUT2D eigenvalue weighted by Crippen LogP contribution is -1.96. The maximum absolute atomic E-state index is 11.3. The fourth-order valence-electron chi connectivity index (χ4n) is 2.27. The highest BCUT2D eigenvalue weighted by Crippen LogP contribution is 2.37. The van der Waals surface area contributed by atoms with Gasteiger partial charge in [0.25, 0.3) is 0 Å². The Balaban J connectivity index is 2.59. The van der Waals surface area contributed by atoms with E-state index in [0.29, 0.717) is 0 Å². The summed E-state index contributed by atoms with van der Waals surface area (Å²) in [6, 6.07) is 2.08. The molecule has 0 unspecified atom stereocenters. The third-order valence-electron chi connectivity index (χ3n) is 3.23. The van der Waals surface area contributed by atoms with Gasteiger partial charge in [-0.2, -0.15) is 0 Å². The molecule has 0 atom stereocenters. The number of carbonyl (C=O) groups excluding carboxylic acids is 1. The molecule has 0 saturated carbocycles. The number of fused-ring (bicyclic) bond motifs is 1. The van der Waals surface area contributed by atoms with Crippen LogP contribution in [0.4, 0.5) is 0 Å². The first kappa shape index (κ1) is 12.9. The fourth-order valence-corrected chi connectivity index (χ4v) is 2.60. The van der Waals surface area contributed by atoms with E-state index in [9.17, 15) is 4.79 Å². The Morgan fingerprint density at radius 1 is 1.33 bits per heavy atom. The second-order valence-electron chi connectivity index (χ2n) is 4.36. The van der Waals surface area contributed by atoms with Crippen molar-refractivity contribution < 1.29 is 4.79 Å². The predicted octanol–water partition coefficient (Wildman–Crippen LogP) is 4.34. The van der Waals surface area contributed by atoms with E-state index in [4.69, 9.17) is 0 Å². The Kier molecular flexibility index (Phi) is 3.87. The summed E-state index contributed by atoms with van der Waals surface area (Å²) >= 11 is 4.49. The normalized spacial score (nSPS) is 14.7. The van der Waals surface area contributed by atoms with Gasteiger partial charge in [0.1, 0.15) is 0 Å². The van der Waals surface area contributed by atoms with Crippen LogP contribution in [0.15, 0.2) is 35.8 Å². The molecule has 0 bridgehead atoms. The maximum Gasteiger partial charge on any atom is 0.151 e. The largest absolute Gasteiger partial charge is 0.298 e. The van der Waals surface area contributed by atoms with Gasteiger partial charge in [-0.3, -0.25) is 4.79 Å². The van der Waals surface area contributed by atoms with Crippen molar-refractivity contribution in [2.75, 3.05) is 0 Å². The first-order valence-corrected chi connectivity index (χ1v) is 6.45. The molecule has 0 radical (unpaired) electrons. The van der Waals surface area contributed by atoms with Gasteiger partial charge < -0.3 is 0 Å². The van der Waals surface area contributed by atoms with Crippen LogP contribution in [0.1, 0.15) is 40.4 Å². The number of hydrogen-bond acceptors (Lipinski definition) is 2. The molecule has 1 aromatic rings. The van der Waals surface area contributed by atoms with E-state index in [1.54, 1.807) is 0 Å². The van der Waals surface area contributed by atoms with Crippen molar-refractivity contribution in [3.05, 3.63) is 53.1 Å². The van der Waals surface area contributed by atoms with Gasteiger partial charge in [-0.05, 0) is 48.1 Å². The number of rotatable bonds is 3. The molecule has 0 N–H and O–H groups in total. The van der Waals surface area contributed by atoms with Crippen molar-refractivity contribution >= 4 is 30.6 Å². The molecule has 18 heavy (non-hydrogen) atoms. The lowest BCUT2D eigenvalue weighted by Gasteiger charge is -2.10. The average Bonchev–Trinajstić information content (AvgIpc) is 2.72. The zero-order chi connectivity index (χ0) is 13.1. The summed E-state index contributed by atoms with van der Waals surface area (Å²) in [6.45, 7) is 6.02. The van der Waals surface area contributed by atoms with Gasteiger partial charge in [0.2, 0.25) is 0 Å². The van der Waals surface area contributed by atoms with E-state index in [0.717, 1.165) is 51.9 Å². The summed E-state index contributed by atoms with van der Waals surface area (Å²) < 4.78 is 0. The number of benzene rings is 1. The standard InChI is InChI=1S/C16H16OS/c1-3-4-5-6-12-9-14-11(2)7-8-13(14)15(10-17)16(12)18/h3-6,9-10,18H,2,7-8H2,1H3/b4-3+,6-5+. The van der Waals surface area contributed by atoms with Crippen molar-refractivity contribution in [2.24, 2.45) is 0 Å². The minimum absolute atomic E-state index is 0.717. The Morgan fingerprint density at radius 2 is 2.11 bits per heavy atom. The summed E-state index contributed by atoms with van der Waals surface area (Å²) in [5.41, 5.74) is 5.02. The Labute approximate surface area is 113 Å². The molecule has 0 spiro atoms. The lowest BCUT2D eigenvalue weighted by atomic mass is 9.98. The highest BCUT2D eigenvalue weighted by Gasteiger charge is 2.21. The van der Waals surface area contributed by atoms with Crippen LogP contribution in [-0.2, 0) is 6.42 Å². The minimum Gasteiger partial charge on any atom is -0.298 e. The highest BCUT2D eigenvalue weighted by molar-refractivity contribution is 7.80. The number of hydrogen-bond donors (Lipinski definition) is 1. The molecule has 92 valence electrons. The molecular weight excluding hydrogens is 240 g/mol. The van der Waals surface area contributed by atoms with Crippen molar-refractivity contribution in [3.8, 4) is 0 Å². The second kappa shape index (κ2) is 5.40. The Bertz CT molecular complexity index is 565. The number of aldehydes is 1. The van der Waals surface area contributed by atoms with Gasteiger partial charge in [-0.1, -0.05) is 30.9 Å². The van der Waals surface area contributed by atoms with Crippen LogP contribution >= 0.6 is 12.6 Å². The molecule has 0 aliphatic heterocycles. The van der Waals surface area contributed by atoms with E-state index in [1.165, 1.54) is 0 Å². The van der Waals surface area contributed by atoms with E-state index < -0.39 is 0 Å². The average molecular weight is 256 g/mol. The molecule has 1 aliphatic rings. The summed E-state index contributed by atoms with van der Waals surface area (Å²) in [5, 5.41) is 0. The van der Waals surface area contributed by atoms with Crippen molar-refractivity contribution in [1.82, 2.24) is 0 Å². The van der Waals surface area contributed by atoms with Crippen molar-refractivity contribution in [3.63, 3.8) is 0 Å². The van der Waals surface area contributed by atoms with Gasteiger partial charge in [-0.15, -0.1) is 12.6 Å². The van der Waals surface area contributed by atoms with E-state index in [2.05, 4.69) is 25.3 Å².